The van der Waals surface area contributed by atoms with Gasteiger partial charge in [0.25, 0.3) is 0 Å². The third-order valence-corrected chi connectivity index (χ3v) is 2.16. The molecule has 0 fully saturated rings. The summed E-state index contributed by atoms with van der Waals surface area (Å²) in [5.41, 5.74) is 3.64. The molecular weight excluding hydrogens is 181 g/mol. The first-order valence-electron chi connectivity index (χ1n) is 4.13. The van der Waals surface area contributed by atoms with Gasteiger partial charge in [-0.25, -0.2) is 4.98 Å². The lowest BCUT2D eigenvalue weighted by molar-refractivity contribution is 0.582. The molecule has 0 saturated carbocycles. The quantitative estimate of drug-likeness (QED) is 0.350. The van der Waals surface area contributed by atoms with Gasteiger partial charge in [-0.1, -0.05) is 31.6 Å². The predicted molar refractivity (Wildman–Crippen MR) is 54.4 cm³/mol. The Morgan fingerprint density at radius 3 is 2.54 bits per heavy atom. The fourth-order valence-electron chi connectivity index (χ4n) is 0.729. The highest BCUT2D eigenvalue weighted by molar-refractivity contribution is 6.83. The average Bonchev–Trinajstić information content (AvgIpc) is 2.00. The standard InChI is InChI=1S/C10H12FNSi/c1-13(2,3)8-7-9-5-4-6-10(11)12-9/h4-6H,1-3H3. The van der Waals surface area contributed by atoms with Crippen molar-refractivity contribution in [2.45, 2.75) is 19.6 Å². The van der Waals surface area contributed by atoms with E-state index in [1.54, 1.807) is 12.1 Å². The highest BCUT2D eigenvalue weighted by Crippen LogP contribution is 1.99. The number of pyridine rings is 1. The highest BCUT2D eigenvalue weighted by atomic mass is 28.3. The summed E-state index contributed by atoms with van der Waals surface area (Å²) in [5.74, 6) is 2.42. The summed E-state index contributed by atoms with van der Waals surface area (Å²) in [4.78, 5) is 3.66. The van der Waals surface area contributed by atoms with Gasteiger partial charge in [0.1, 0.15) is 13.8 Å². The van der Waals surface area contributed by atoms with E-state index in [4.69, 9.17) is 0 Å². The van der Waals surface area contributed by atoms with Crippen LogP contribution in [-0.2, 0) is 0 Å². The topological polar surface area (TPSA) is 12.9 Å². The van der Waals surface area contributed by atoms with Crippen molar-refractivity contribution in [3.05, 3.63) is 29.8 Å². The van der Waals surface area contributed by atoms with Crippen LogP contribution >= 0.6 is 0 Å². The van der Waals surface area contributed by atoms with Crippen LogP contribution in [0.2, 0.25) is 19.6 Å². The second kappa shape index (κ2) is 3.71. The van der Waals surface area contributed by atoms with E-state index < -0.39 is 14.0 Å². The molecule has 13 heavy (non-hydrogen) atoms. The zero-order valence-corrected chi connectivity index (χ0v) is 9.06. The summed E-state index contributed by atoms with van der Waals surface area (Å²) in [7, 11) is -1.38. The molecule has 0 aliphatic heterocycles. The van der Waals surface area contributed by atoms with Crippen molar-refractivity contribution < 1.29 is 4.39 Å². The van der Waals surface area contributed by atoms with Gasteiger partial charge in [-0.2, -0.15) is 4.39 Å². The maximum atomic E-state index is 12.6. The number of nitrogens with zero attached hydrogens (tertiary/aromatic N) is 1. The number of hydrogen-bond donors (Lipinski definition) is 0. The highest BCUT2D eigenvalue weighted by Gasteiger charge is 2.07. The van der Waals surface area contributed by atoms with E-state index in [0.717, 1.165) is 0 Å². The number of halogens is 1. The minimum atomic E-state index is -1.38. The van der Waals surface area contributed by atoms with Gasteiger partial charge < -0.3 is 0 Å². The predicted octanol–water partition coefficient (Wildman–Crippen LogP) is 2.45. The minimum absolute atomic E-state index is 0.470. The Balaban J connectivity index is 2.90. The Labute approximate surface area is 79.0 Å². The van der Waals surface area contributed by atoms with Gasteiger partial charge in [-0.3, -0.25) is 0 Å². The average molecular weight is 193 g/mol. The van der Waals surface area contributed by atoms with E-state index >= 15 is 0 Å². The maximum Gasteiger partial charge on any atom is 0.214 e. The molecule has 0 bridgehead atoms. The zero-order valence-electron chi connectivity index (χ0n) is 8.06. The lowest BCUT2D eigenvalue weighted by Gasteiger charge is -2.02. The summed E-state index contributed by atoms with van der Waals surface area (Å²) in [6.07, 6.45) is 0. The third kappa shape index (κ3) is 3.86. The van der Waals surface area contributed by atoms with Crippen LogP contribution in [0.3, 0.4) is 0 Å². The molecule has 0 saturated heterocycles. The van der Waals surface area contributed by atoms with Crippen molar-refractivity contribution in [2.24, 2.45) is 0 Å². The van der Waals surface area contributed by atoms with Gasteiger partial charge >= 0.3 is 0 Å². The number of rotatable bonds is 0. The van der Waals surface area contributed by atoms with E-state index in [1.165, 1.54) is 6.07 Å². The molecule has 1 nitrogen and oxygen atoms in total. The van der Waals surface area contributed by atoms with Crippen molar-refractivity contribution in [1.82, 2.24) is 4.98 Å². The molecule has 0 spiro atoms. The fraction of sp³-hybridized carbons (Fsp3) is 0.300. The van der Waals surface area contributed by atoms with Crippen molar-refractivity contribution in [1.29, 1.82) is 0 Å². The van der Waals surface area contributed by atoms with Gasteiger partial charge in [-0.15, -0.1) is 5.54 Å². The lowest BCUT2D eigenvalue weighted by Crippen LogP contribution is -2.16. The van der Waals surface area contributed by atoms with E-state index in [0.29, 0.717) is 5.69 Å². The second-order valence-electron chi connectivity index (χ2n) is 3.85. The van der Waals surface area contributed by atoms with Crippen LogP contribution in [0, 0.1) is 17.4 Å². The molecule has 3 heteroatoms. The molecule has 0 amide bonds. The molecule has 1 rings (SSSR count). The molecule has 0 unspecified atom stereocenters. The molecule has 0 aliphatic rings. The van der Waals surface area contributed by atoms with Crippen molar-refractivity contribution in [2.75, 3.05) is 0 Å². The third-order valence-electron chi connectivity index (χ3n) is 1.28. The summed E-state index contributed by atoms with van der Waals surface area (Å²) >= 11 is 0. The second-order valence-corrected chi connectivity index (χ2v) is 8.60. The van der Waals surface area contributed by atoms with Gasteiger partial charge in [-0.05, 0) is 12.1 Å². The first-order valence-corrected chi connectivity index (χ1v) is 7.63. The number of aromatic nitrogens is 1. The van der Waals surface area contributed by atoms with Crippen LogP contribution in [0.15, 0.2) is 18.2 Å². The van der Waals surface area contributed by atoms with Gasteiger partial charge in [0, 0.05) is 0 Å². The monoisotopic (exact) mass is 193 g/mol. The molecular formula is C10H12FNSi. The Morgan fingerprint density at radius 2 is 2.00 bits per heavy atom. The Morgan fingerprint density at radius 1 is 1.31 bits per heavy atom. The van der Waals surface area contributed by atoms with Crippen LogP contribution in [0.4, 0.5) is 4.39 Å². The van der Waals surface area contributed by atoms with Crippen molar-refractivity contribution in [3.8, 4) is 11.5 Å². The van der Waals surface area contributed by atoms with E-state index in [2.05, 4.69) is 36.1 Å². The minimum Gasteiger partial charge on any atom is -0.211 e. The van der Waals surface area contributed by atoms with E-state index in [-0.39, 0.29) is 0 Å². The van der Waals surface area contributed by atoms with Crippen LogP contribution in [0.5, 0.6) is 0 Å². The van der Waals surface area contributed by atoms with Gasteiger partial charge in [0.05, 0.1) is 0 Å². The van der Waals surface area contributed by atoms with Crippen LogP contribution in [-0.4, -0.2) is 13.1 Å². The van der Waals surface area contributed by atoms with Crippen LogP contribution in [0.25, 0.3) is 0 Å². The molecule has 0 atom stereocenters. The van der Waals surface area contributed by atoms with Crippen LogP contribution < -0.4 is 0 Å². The molecule has 1 aromatic heterocycles. The largest absolute Gasteiger partial charge is 0.214 e. The first kappa shape index (κ1) is 9.94. The van der Waals surface area contributed by atoms with E-state index in [1.807, 2.05) is 0 Å². The molecule has 0 aliphatic carbocycles. The lowest BCUT2D eigenvalue weighted by atomic mass is 10.4. The van der Waals surface area contributed by atoms with Crippen LogP contribution in [0.1, 0.15) is 5.69 Å². The van der Waals surface area contributed by atoms with Crippen molar-refractivity contribution in [3.63, 3.8) is 0 Å². The maximum absolute atomic E-state index is 12.6. The van der Waals surface area contributed by atoms with Crippen molar-refractivity contribution >= 4 is 8.07 Å². The Kier molecular flexibility index (Phi) is 2.84. The summed E-state index contributed by atoms with van der Waals surface area (Å²) in [6.45, 7) is 6.41. The van der Waals surface area contributed by atoms with Gasteiger partial charge in [0.2, 0.25) is 5.95 Å². The molecule has 68 valence electrons. The molecule has 0 radical (unpaired) electrons. The molecule has 0 aromatic carbocycles. The molecule has 1 heterocycles. The van der Waals surface area contributed by atoms with Gasteiger partial charge in [0.15, 0.2) is 0 Å². The SMILES string of the molecule is C[Si](C)(C)C#Cc1cccc(F)n1. The first-order chi connectivity index (χ1) is 5.97. The Hall–Kier alpha value is -1.14. The normalized spacial score (nSPS) is 10.5. The Bertz CT molecular complexity index is 357. The van der Waals surface area contributed by atoms with E-state index in [9.17, 15) is 4.39 Å². The zero-order chi connectivity index (χ0) is 9.90. The summed E-state index contributed by atoms with van der Waals surface area (Å²) in [6, 6.07) is 4.66. The summed E-state index contributed by atoms with van der Waals surface area (Å²) in [5, 5.41) is 0. The smallest absolute Gasteiger partial charge is 0.211 e. The molecule has 1 aromatic rings. The number of hydrogen-bond acceptors (Lipinski definition) is 1. The summed E-state index contributed by atoms with van der Waals surface area (Å²) < 4.78 is 12.6. The fourth-order valence-corrected chi connectivity index (χ4v) is 1.23. The molecule has 0 N–H and O–H groups in total.